The van der Waals surface area contributed by atoms with E-state index in [1.807, 2.05) is 92.7 Å². The molecule has 0 atom stereocenters. The Balaban J connectivity index is 0.000000247. The molecule has 0 aliphatic rings. The van der Waals surface area contributed by atoms with Crippen LogP contribution < -0.4 is 0 Å². The number of rotatable bonds is 2. The molecular formula is C24H20N2Pt. The van der Waals surface area contributed by atoms with E-state index >= 15 is 0 Å². The van der Waals surface area contributed by atoms with E-state index in [-0.39, 0.29) is 21.1 Å². The van der Waals surface area contributed by atoms with E-state index < -0.39 is 0 Å². The van der Waals surface area contributed by atoms with Crippen LogP contribution in [0, 0.1) is 26.0 Å². The molecule has 0 radical (unpaired) electrons. The quantitative estimate of drug-likeness (QED) is 0.310. The van der Waals surface area contributed by atoms with E-state index in [1.54, 1.807) is 6.20 Å². The monoisotopic (exact) mass is 531 g/mol. The van der Waals surface area contributed by atoms with E-state index in [0.29, 0.717) is 0 Å². The van der Waals surface area contributed by atoms with Gasteiger partial charge in [-0.2, -0.15) is 35.4 Å². The molecule has 0 bridgehead atoms. The molecule has 0 aliphatic carbocycles. The maximum absolute atomic E-state index is 4.62. The van der Waals surface area contributed by atoms with Crippen LogP contribution in [0.3, 0.4) is 0 Å². The number of aromatic nitrogens is 2. The van der Waals surface area contributed by atoms with Gasteiger partial charge in [0.25, 0.3) is 0 Å². The van der Waals surface area contributed by atoms with Crippen molar-refractivity contribution in [3.63, 3.8) is 0 Å². The second-order valence-electron chi connectivity index (χ2n) is 5.92. The molecule has 27 heavy (non-hydrogen) atoms. The summed E-state index contributed by atoms with van der Waals surface area (Å²) in [5.41, 5.74) is 6.10. The predicted molar refractivity (Wildman–Crippen MR) is 106 cm³/mol. The maximum Gasteiger partial charge on any atom is 2.00 e. The summed E-state index contributed by atoms with van der Waals surface area (Å²) in [4.78, 5) is 8.93. The van der Waals surface area contributed by atoms with Crippen LogP contribution in [0.1, 0.15) is 11.1 Å². The van der Waals surface area contributed by atoms with Crippen LogP contribution in [-0.2, 0) is 21.1 Å². The zero-order chi connectivity index (χ0) is 18.2. The minimum atomic E-state index is 0. The fourth-order valence-electron chi connectivity index (χ4n) is 2.53. The van der Waals surface area contributed by atoms with Gasteiger partial charge in [0.2, 0.25) is 0 Å². The molecule has 0 spiro atoms. The van der Waals surface area contributed by atoms with E-state index in [2.05, 4.69) is 22.1 Å². The largest absolute Gasteiger partial charge is 2.00 e. The normalized spacial score (nSPS) is 9.56. The van der Waals surface area contributed by atoms with Crippen molar-refractivity contribution in [2.75, 3.05) is 0 Å². The van der Waals surface area contributed by atoms with Crippen LogP contribution >= 0.6 is 0 Å². The van der Waals surface area contributed by atoms with E-state index in [9.17, 15) is 0 Å². The van der Waals surface area contributed by atoms with Crippen molar-refractivity contribution in [3.05, 3.63) is 108 Å². The van der Waals surface area contributed by atoms with Crippen LogP contribution in [0.25, 0.3) is 22.6 Å². The van der Waals surface area contributed by atoms with Gasteiger partial charge in [-0.15, -0.1) is 35.9 Å². The van der Waals surface area contributed by atoms with Crippen molar-refractivity contribution in [1.82, 2.24) is 9.97 Å². The van der Waals surface area contributed by atoms with Crippen molar-refractivity contribution in [2.24, 2.45) is 0 Å². The second-order valence-corrected chi connectivity index (χ2v) is 5.92. The van der Waals surface area contributed by atoms with Gasteiger partial charge in [0.05, 0.1) is 11.4 Å². The number of pyridine rings is 2. The molecule has 0 N–H and O–H groups in total. The predicted octanol–water partition coefficient (Wildman–Crippen LogP) is 5.71. The van der Waals surface area contributed by atoms with Crippen molar-refractivity contribution >= 4 is 0 Å². The number of benzene rings is 2. The molecule has 2 aromatic carbocycles. The van der Waals surface area contributed by atoms with Gasteiger partial charge in [-0.05, 0) is 23.9 Å². The van der Waals surface area contributed by atoms with Gasteiger partial charge in [-0.3, -0.25) is 9.97 Å². The first kappa shape index (κ1) is 20.7. The first-order valence-electron chi connectivity index (χ1n) is 8.53. The molecule has 0 saturated heterocycles. The van der Waals surface area contributed by atoms with Crippen LogP contribution in [0.2, 0.25) is 0 Å². The Hall–Kier alpha value is -2.57. The third-order valence-electron chi connectivity index (χ3n) is 3.75. The average molecular weight is 532 g/mol. The van der Waals surface area contributed by atoms with Gasteiger partial charge < -0.3 is 0 Å². The Morgan fingerprint density at radius 2 is 1.33 bits per heavy atom. The zero-order valence-corrected chi connectivity index (χ0v) is 17.6. The topological polar surface area (TPSA) is 25.8 Å². The average Bonchev–Trinajstić information content (AvgIpc) is 2.70. The van der Waals surface area contributed by atoms with Gasteiger partial charge in [-0.1, -0.05) is 32.0 Å². The molecule has 0 unspecified atom stereocenters. The molecule has 0 aliphatic heterocycles. The summed E-state index contributed by atoms with van der Waals surface area (Å²) in [5.74, 6) is 0. The Bertz CT molecular complexity index is 882. The number of hydrogen-bond acceptors (Lipinski definition) is 2. The summed E-state index contributed by atoms with van der Waals surface area (Å²) in [5, 5.41) is 0. The number of nitrogens with zero attached hydrogens (tertiary/aromatic N) is 2. The number of aryl methyl sites for hydroxylation is 2. The summed E-state index contributed by atoms with van der Waals surface area (Å²) < 4.78 is 0. The van der Waals surface area contributed by atoms with Gasteiger partial charge in [0.1, 0.15) is 0 Å². The van der Waals surface area contributed by atoms with Gasteiger partial charge in [-0.25, -0.2) is 0 Å². The maximum atomic E-state index is 4.62. The SMILES string of the molecule is Cc1[c-]c(C)ccc1.[Pt+2].[c-]1ccccc1-c1cccc(-c2ccccn2)n1. The van der Waals surface area contributed by atoms with E-state index in [1.165, 1.54) is 11.1 Å². The second kappa shape index (κ2) is 10.5. The summed E-state index contributed by atoms with van der Waals surface area (Å²) in [7, 11) is 0. The summed E-state index contributed by atoms with van der Waals surface area (Å²) in [6.07, 6.45) is 1.78. The van der Waals surface area contributed by atoms with E-state index in [4.69, 9.17) is 0 Å². The van der Waals surface area contributed by atoms with Crippen LogP contribution in [0.15, 0.2) is 85.1 Å². The molecule has 0 saturated carbocycles. The Morgan fingerprint density at radius 1 is 0.667 bits per heavy atom. The van der Waals surface area contributed by atoms with Crippen molar-refractivity contribution in [1.29, 1.82) is 0 Å². The molecule has 136 valence electrons. The molecule has 4 aromatic rings. The fourth-order valence-corrected chi connectivity index (χ4v) is 2.53. The Kier molecular flexibility index (Phi) is 8.10. The smallest absolute Gasteiger partial charge is 0.295 e. The van der Waals surface area contributed by atoms with Gasteiger partial charge in [0, 0.05) is 6.20 Å². The van der Waals surface area contributed by atoms with Crippen LogP contribution in [0.4, 0.5) is 0 Å². The Morgan fingerprint density at radius 3 is 1.93 bits per heavy atom. The molecular weight excluding hydrogens is 511 g/mol. The summed E-state index contributed by atoms with van der Waals surface area (Å²) in [6, 6.07) is 32.1. The molecule has 0 fully saturated rings. The third kappa shape index (κ3) is 6.27. The molecule has 4 rings (SSSR count). The van der Waals surface area contributed by atoms with E-state index in [0.717, 1.165) is 22.6 Å². The van der Waals surface area contributed by atoms with Crippen molar-refractivity contribution < 1.29 is 21.1 Å². The molecule has 2 nitrogen and oxygen atoms in total. The molecule has 2 aromatic heterocycles. The van der Waals surface area contributed by atoms with Crippen LogP contribution in [0.5, 0.6) is 0 Å². The first-order valence-corrected chi connectivity index (χ1v) is 8.53. The minimum absolute atomic E-state index is 0. The third-order valence-corrected chi connectivity index (χ3v) is 3.75. The van der Waals surface area contributed by atoms with Gasteiger partial charge in [0.15, 0.2) is 0 Å². The fraction of sp³-hybridized carbons (Fsp3) is 0.0833. The molecule has 0 amide bonds. The first-order chi connectivity index (χ1) is 12.7. The zero-order valence-electron chi connectivity index (χ0n) is 15.3. The van der Waals surface area contributed by atoms with Gasteiger partial charge >= 0.3 is 21.1 Å². The number of hydrogen-bond donors (Lipinski definition) is 0. The Labute approximate surface area is 175 Å². The molecule has 2 heterocycles. The summed E-state index contributed by atoms with van der Waals surface area (Å²) >= 11 is 0. The molecule has 3 heteroatoms. The standard InChI is InChI=1S/C16H11N2.C8H9.Pt/c1-2-7-13(8-3-1)14-10-6-11-16(18-14)15-9-4-5-12-17-15;1-7-4-3-5-8(2)6-7;/h1-7,9-12H;3-5H,1-2H3;/q2*-1;+2. The summed E-state index contributed by atoms with van der Waals surface area (Å²) in [6.45, 7) is 4.10. The van der Waals surface area contributed by atoms with Crippen LogP contribution in [-0.4, -0.2) is 9.97 Å². The minimum Gasteiger partial charge on any atom is -0.295 e. The van der Waals surface area contributed by atoms with Crippen molar-refractivity contribution in [3.8, 4) is 22.6 Å². The van der Waals surface area contributed by atoms with Crippen molar-refractivity contribution in [2.45, 2.75) is 13.8 Å².